The summed E-state index contributed by atoms with van der Waals surface area (Å²) in [4.78, 5) is 14.0. The van der Waals surface area contributed by atoms with Gasteiger partial charge in [-0.1, -0.05) is 24.3 Å². The zero-order valence-electron chi connectivity index (χ0n) is 17.5. The Bertz CT molecular complexity index is 1100. The van der Waals surface area contributed by atoms with Crippen LogP contribution in [-0.2, 0) is 17.8 Å². The van der Waals surface area contributed by atoms with Gasteiger partial charge in [0, 0.05) is 17.7 Å². The summed E-state index contributed by atoms with van der Waals surface area (Å²) < 4.78 is 11.7. The molecular formula is C24H23N3O3S. The van der Waals surface area contributed by atoms with Gasteiger partial charge in [-0.15, -0.1) is 6.58 Å². The zero-order chi connectivity index (χ0) is 22.4. The SMILES string of the molecule is C=CCc1cc(/C=C2/NC(=S)N(CC)C2=O)cc(OC)c1OCc1ccccc1C#N. The molecule has 2 aromatic carbocycles. The normalized spacial score (nSPS) is 14.4. The number of nitrogens with one attached hydrogen (secondary N) is 1. The number of allylic oxidation sites excluding steroid dienone is 1. The van der Waals surface area contributed by atoms with Crippen molar-refractivity contribution in [2.45, 2.75) is 20.0 Å². The number of amides is 1. The Morgan fingerprint density at radius 1 is 1.29 bits per heavy atom. The third kappa shape index (κ3) is 4.76. The summed E-state index contributed by atoms with van der Waals surface area (Å²) in [6.45, 7) is 6.43. The van der Waals surface area contributed by atoms with Gasteiger partial charge in [0.2, 0.25) is 0 Å². The first kappa shape index (κ1) is 22.1. The first-order chi connectivity index (χ1) is 15.0. The number of likely N-dealkylation sites (N-methyl/N-ethyl adjacent to an activating group) is 1. The van der Waals surface area contributed by atoms with Crippen LogP contribution in [0.25, 0.3) is 6.08 Å². The monoisotopic (exact) mass is 433 g/mol. The Morgan fingerprint density at radius 2 is 2.06 bits per heavy atom. The number of rotatable bonds is 8. The van der Waals surface area contributed by atoms with E-state index in [1.165, 1.54) is 4.90 Å². The van der Waals surface area contributed by atoms with Crippen LogP contribution >= 0.6 is 12.2 Å². The highest BCUT2D eigenvalue weighted by Crippen LogP contribution is 2.35. The average Bonchev–Trinajstić information content (AvgIpc) is 3.05. The molecule has 0 aliphatic carbocycles. The summed E-state index contributed by atoms with van der Waals surface area (Å²) in [6, 6.07) is 13.2. The summed E-state index contributed by atoms with van der Waals surface area (Å²) in [6.07, 6.45) is 4.06. The van der Waals surface area contributed by atoms with Crippen molar-refractivity contribution in [2.75, 3.05) is 13.7 Å². The highest BCUT2D eigenvalue weighted by atomic mass is 32.1. The Morgan fingerprint density at radius 3 is 2.71 bits per heavy atom. The average molecular weight is 434 g/mol. The van der Waals surface area contributed by atoms with E-state index in [9.17, 15) is 10.1 Å². The smallest absolute Gasteiger partial charge is 0.276 e. The molecule has 7 heteroatoms. The quantitative estimate of drug-likeness (QED) is 0.386. The minimum Gasteiger partial charge on any atom is -0.493 e. The number of carbonyl (C=O) groups is 1. The summed E-state index contributed by atoms with van der Waals surface area (Å²) in [7, 11) is 1.56. The Hall–Kier alpha value is -3.63. The lowest BCUT2D eigenvalue weighted by molar-refractivity contribution is -0.122. The van der Waals surface area contributed by atoms with E-state index in [4.69, 9.17) is 21.7 Å². The summed E-state index contributed by atoms with van der Waals surface area (Å²) in [5.41, 5.74) is 3.40. The van der Waals surface area contributed by atoms with E-state index in [2.05, 4.69) is 18.0 Å². The van der Waals surface area contributed by atoms with E-state index in [1.807, 2.05) is 31.2 Å². The van der Waals surface area contributed by atoms with Crippen LogP contribution in [0.4, 0.5) is 0 Å². The summed E-state index contributed by atoms with van der Waals surface area (Å²) >= 11 is 5.22. The van der Waals surface area contributed by atoms with Crippen molar-refractivity contribution in [3.8, 4) is 17.6 Å². The van der Waals surface area contributed by atoms with Crippen LogP contribution in [-0.4, -0.2) is 29.6 Å². The van der Waals surface area contributed by atoms with E-state index < -0.39 is 0 Å². The minimum absolute atomic E-state index is 0.162. The minimum atomic E-state index is -0.162. The van der Waals surface area contributed by atoms with Gasteiger partial charge in [0.15, 0.2) is 16.6 Å². The molecule has 6 nitrogen and oxygen atoms in total. The van der Waals surface area contributed by atoms with Crippen molar-refractivity contribution in [3.05, 3.63) is 77.0 Å². The fourth-order valence-corrected chi connectivity index (χ4v) is 3.64. The molecule has 0 bridgehead atoms. The molecule has 1 heterocycles. The first-order valence-electron chi connectivity index (χ1n) is 9.79. The van der Waals surface area contributed by atoms with E-state index in [0.717, 1.165) is 16.7 Å². The molecule has 0 unspecified atom stereocenters. The molecule has 3 rings (SSSR count). The Balaban J connectivity index is 1.95. The van der Waals surface area contributed by atoms with Crippen molar-refractivity contribution in [2.24, 2.45) is 0 Å². The van der Waals surface area contributed by atoms with Gasteiger partial charge >= 0.3 is 0 Å². The molecule has 0 saturated carbocycles. The molecule has 2 aromatic rings. The number of thiocarbonyl (C=S) groups is 1. The molecule has 1 amide bonds. The lowest BCUT2D eigenvalue weighted by Gasteiger charge is -2.16. The van der Waals surface area contributed by atoms with Gasteiger partial charge in [-0.05, 0) is 55.4 Å². The highest BCUT2D eigenvalue weighted by Gasteiger charge is 2.29. The number of carbonyl (C=O) groups excluding carboxylic acids is 1. The largest absolute Gasteiger partial charge is 0.493 e. The van der Waals surface area contributed by atoms with Crippen LogP contribution in [0, 0.1) is 11.3 Å². The van der Waals surface area contributed by atoms with E-state index in [-0.39, 0.29) is 12.5 Å². The Kier molecular flexibility index (Phi) is 7.06. The Labute approximate surface area is 187 Å². The lowest BCUT2D eigenvalue weighted by Crippen LogP contribution is -2.30. The molecule has 0 aromatic heterocycles. The van der Waals surface area contributed by atoms with Crippen LogP contribution in [0.5, 0.6) is 11.5 Å². The molecule has 1 aliphatic heterocycles. The molecule has 1 fully saturated rings. The van der Waals surface area contributed by atoms with Crippen LogP contribution in [0.2, 0.25) is 0 Å². The van der Waals surface area contributed by atoms with Gasteiger partial charge < -0.3 is 14.8 Å². The lowest BCUT2D eigenvalue weighted by atomic mass is 10.0. The van der Waals surface area contributed by atoms with Crippen LogP contribution in [0.3, 0.4) is 0 Å². The molecule has 158 valence electrons. The van der Waals surface area contributed by atoms with Crippen LogP contribution < -0.4 is 14.8 Å². The van der Waals surface area contributed by atoms with Crippen LogP contribution in [0.1, 0.15) is 29.2 Å². The fraction of sp³-hybridized carbons (Fsp3) is 0.208. The van der Waals surface area contributed by atoms with Gasteiger partial charge in [-0.2, -0.15) is 5.26 Å². The molecule has 1 aliphatic rings. The first-order valence-corrected chi connectivity index (χ1v) is 10.2. The number of benzene rings is 2. The number of nitrogens with zero attached hydrogens (tertiary/aromatic N) is 2. The molecule has 0 radical (unpaired) electrons. The predicted octanol–water partition coefficient (Wildman–Crippen LogP) is 3.95. The van der Waals surface area contributed by atoms with E-state index in [1.54, 1.807) is 31.4 Å². The third-order valence-electron chi connectivity index (χ3n) is 4.84. The van der Waals surface area contributed by atoms with E-state index >= 15 is 0 Å². The standard InChI is InChI=1S/C24H23N3O3S/c1-4-8-17-11-16(12-20-23(28)27(5-2)24(31)26-20)13-21(29-3)22(17)30-15-19-10-7-6-9-18(19)14-25/h4,6-7,9-13H,1,5,8,15H2,2-3H3,(H,26,31)/b20-12+. The second kappa shape index (κ2) is 9.92. The van der Waals surface area contributed by atoms with Crippen molar-refractivity contribution in [1.29, 1.82) is 5.26 Å². The van der Waals surface area contributed by atoms with Gasteiger partial charge in [-0.3, -0.25) is 9.69 Å². The number of ether oxygens (including phenoxy) is 2. The number of hydrogen-bond donors (Lipinski definition) is 1. The third-order valence-corrected chi connectivity index (χ3v) is 5.16. The molecule has 0 atom stereocenters. The van der Waals surface area contributed by atoms with Gasteiger partial charge in [0.1, 0.15) is 12.3 Å². The van der Waals surface area contributed by atoms with Gasteiger partial charge in [0.05, 0.1) is 18.7 Å². The molecule has 1 saturated heterocycles. The van der Waals surface area contributed by atoms with Crippen molar-refractivity contribution in [1.82, 2.24) is 10.2 Å². The van der Waals surface area contributed by atoms with Gasteiger partial charge in [0.25, 0.3) is 5.91 Å². The number of hydrogen-bond acceptors (Lipinski definition) is 5. The molecular weight excluding hydrogens is 410 g/mol. The second-order valence-electron chi connectivity index (χ2n) is 6.80. The summed E-state index contributed by atoms with van der Waals surface area (Å²) in [5.74, 6) is 0.944. The van der Waals surface area contributed by atoms with Crippen molar-refractivity contribution in [3.63, 3.8) is 0 Å². The van der Waals surface area contributed by atoms with Crippen LogP contribution in [0.15, 0.2) is 54.8 Å². The second-order valence-corrected chi connectivity index (χ2v) is 7.19. The topological polar surface area (TPSA) is 74.6 Å². The van der Waals surface area contributed by atoms with Gasteiger partial charge in [-0.25, -0.2) is 0 Å². The number of nitriles is 1. The molecule has 1 N–H and O–H groups in total. The maximum Gasteiger partial charge on any atom is 0.276 e. The molecule has 31 heavy (non-hydrogen) atoms. The predicted molar refractivity (Wildman–Crippen MR) is 123 cm³/mol. The fourth-order valence-electron chi connectivity index (χ4n) is 3.32. The maximum atomic E-state index is 12.5. The zero-order valence-corrected chi connectivity index (χ0v) is 18.3. The maximum absolute atomic E-state index is 12.5. The van der Waals surface area contributed by atoms with Crippen molar-refractivity contribution < 1.29 is 14.3 Å². The highest BCUT2D eigenvalue weighted by molar-refractivity contribution is 7.80. The van der Waals surface area contributed by atoms with Crippen molar-refractivity contribution >= 4 is 29.3 Å². The molecule has 0 spiro atoms. The summed E-state index contributed by atoms with van der Waals surface area (Å²) in [5, 5.41) is 12.7. The number of methoxy groups -OCH3 is 1. The van der Waals surface area contributed by atoms with E-state index in [0.29, 0.717) is 40.8 Å².